The fraction of sp³-hybridized carbons (Fsp3) is 0.227. The molecular formula is C22H22Cl2Zr. The van der Waals surface area contributed by atoms with Crippen LogP contribution in [0.2, 0.25) is 0 Å². The van der Waals surface area contributed by atoms with E-state index in [1.54, 1.807) is 0 Å². The van der Waals surface area contributed by atoms with Crippen LogP contribution in [-0.2, 0) is 26.2 Å². The van der Waals surface area contributed by atoms with Crippen LogP contribution in [0.3, 0.4) is 0 Å². The van der Waals surface area contributed by atoms with Crippen molar-refractivity contribution >= 4 is 21.5 Å². The van der Waals surface area contributed by atoms with Gasteiger partial charge in [-0.3, -0.25) is 6.08 Å². The van der Waals surface area contributed by atoms with Crippen LogP contribution in [0.5, 0.6) is 0 Å². The molecule has 0 aliphatic heterocycles. The van der Waals surface area contributed by atoms with Crippen LogP contribution in [-0.4, -0.2) is 0 Å². The molecule has 0 unspecified atom stereocenters. The number of rotatable bonds is 0. The molecular weight excluding hydrogens is 426 g/mol. The van der Waals surface area contributed by atoms with Gasteiger partial charge in [0.2, 0.25) is 0 Å². The molecule has 0 N–H and O–H groups in total. The second kappa shape index (κ2) is 10.4. The van der Waals surface area contributed by atoms with Gasteiger partial charge in [-0.2, -0.15) is 11.6 Å². The summed E-state index contributed by atoms with van der Waals surface area (Å²) < 4.78 is 0. The topological polar surface area (TPSA) is 0 Å². The van der Waals surface area contributed by atoms with Crippen LogP contribution < -0.4 is 24.8 Å². The third kappa shape index (κ3) is 5.88. The Hall–Kier alpha value is -0.747. The maximum Gasteiger partial charge on any atom is 4.00 e. The van der Waals surface area contributed by atoms with Crippen LogP contribution in [0.4, 0.5) is 0 Å². The number of hydrogen-bond acceptors (Lipinski definition) is 0. The monoisotopic (exact) mass is 446 g/mol. The van der Waals surface area contributed by atoms with Gasteiger partial charge in [-0.15, -0.1) is 46.2 Å². The third-order valence-electron chi connectivity index (χ3n) is 4.09. The molecule has 25 heavy (non-hydrogen) atoms. The summed E-state index contributed by atoms with van der Waals surface area (Å²) in [4.78, 5) is 0. The zero-order chi connectivity index (χ0) is 15.6. The van der Waals surface area contributed by atoms with Crippen molar-refractivity contribution in [1.82, 2.24) is 0 Å². The summed E-state index contributed by atoms with van der Waals surface area (Å²) in [5, 5.41) is 5.39. The van der Waals surface area contributed by atoms with Crippen LogP contribution in [0, 0.1) is 11.5 Å². The summed E-state index contributed by atoms with van der Waals surface area (Å²) in [6.07, 6.45) is 8.50. The van der Waals surface area contributed by atoms with Gasteiger partial charge in [0.05, 0.1) is 0 Å². The summed E-state index contributed by atoms with van der Waals surface area (Å²) in [7, 11) is 0. The maximum atomic E-state index is 3.16. The van der Waals surface area contributed by atoms with Crippen molar-refractivity contribution in [3.8, 4) is 0 Å². The molecule has 0 spiro atoms. The van der Waals surface area contributed by atoms with Crippen molar-refractivity contribution in [2.75, 3.05) is 0 Å². The molecule has 3 aromatic carbocycles. The Balaban J connectivity index is 0.000000435. The zero-order valence-corrected chi connectivity index (χ0v) is 18.8. The Morgan fingerprint density at radius 1 is 0.840 bits per heavy atom. The van der Waals surface area contributed by atoms with Gasteiger partial charge in [-0.25, -0.2) is 6.08 Å². The van der Waals surface area contributed by atoms with Crippen molar-refractivity contribution in [3.63, 3.8) is 0 Å². The molecule has 0 bridgehead atoms. The number of benzene rings is 2. The standard InChI is InChI=1S/C13H9.C9H13.2ClH.Zr/c1-3-7-12-10(5-1)9-11-6-2-4-8-13(11)12;1-9(2,3)8-6-4-5-7-8;;;/h1-9H;6-7H,4H2,1-3H3;2*1H;/q2*-1;;;+4/p-2. The molecule has 0 saturated heterocycles. The Kier molecular flexibility index (Phi) is 10.1. The molecule has 3 aromatic rings. The van der Waals surface area contributed by atoms with Crippen LogP contribution in [0.25, 0.3) is 21.5 Å². The first-order valence-electron chi connectivity index (χ1n) is 7.86. The van der Waals surface area contributed by atoms with Crippen molar-refractivity contribution in [3.05, 3.63) is 78.4 Å². The maximum absolute atomic E-state index is 3.16. The molecule has 0 aromatic heterocycles. The predicted molar refractivity (Wildman–Crippen MR) is 97.0 cm³/mol. The van der Waals surface area contributed by atoms with E-state index in [2.05, 4.69) is 93.6 Å². The number of hydrogen-bond donors (Lipinski definition) is 0. The summed E-state index contributed by atoms with van der Waals surface area (Å²) in [5.41, 5.74) is 1.74. The second-order valence-corrected chi connectivity index (χ2v) is 6.78. The van der Waals surface area contributed by atoms with Crippen molar-refractivity contribution < 1.29 is 51.0 Å². The number of allylic oxidation sites excluding steroid dienone is 4. The van der Waals surface area contributed by atoms with E-state index in [1.165, 1.54) is 27.1 Å². The van der Waals surface area contributed by atoms with Crippen molar-refractivity contribution in [1.29, 1.82) is 0 Å². The van der Waals surface area contributed by atoms with Crippen LogP contribution >= 0.6 is 0 Å². The Morgan fingerprint density at radius 2 is 1.32 bits per heavy atom. The molecule has 0 amide bonds. The fourth-order valence-electron chi connectivity index (χ4n) is 2.82. The first kappa shape index (κ1) is 24.3. The molecule has 128 valence electrons. The Labute approximate surface area is 182 Å². The van der Waals surface area contributed by atoms with E-state index < -0.39 is 0 Å². The third-order valence-corrected chi connectivity index (χ3v) is 4.09. The minimum atomic E-state index is 0. The smallest absolute Gasteiger partial charge is 1.00 e. The molecule has 1 aliphatic rings. The average Bonchev–Trinajstić information content (AvgIpc) is 3.15. The molecule has 0 saturated carbocycles. The van der Waals surface area contributed by atoms with E-state index >= 15 is 0 Å². The van der Waals surface area contributed by atoms with Gasteiger partial charge >= 0.3 is 26.2 Å². The molecule has 0 nitrogen and oxygen atoms in total. The van der Waals surface area contributed by atoms with E-state index in [9.17, 15) is 0 Å². The van der Waals surface area contributed by atoms with Gasteiger partial charge in [0.25, 0.3) is 0 Å². The van der Waals surface area contributed by atoms with E-state index in [-0.39, 0.29) is 51.0 Å². The van der Waals surface area contributed by atoms with Gasteiger partial charge in [0.1, 0.15) is 0 Å². The Bertz CT molecular complexity index is 801. The molecule has 0 fully saturated rings. The predicted octanol–water partition coefficient (Wildman–Crippen LogP) is 0.439. The van der Waals surface area contributed by atoms with Crippen LogP contribution in [0.15, 0.2) is 72.3 Å². The summed E-state index contributed by atoms with van der Waals surface area (Å²) in [6, 6.07) is 19.3. The first-order valence-corrected chi connectivity index (χ1v) is 7.86. The first-order chi connectivity index (χ1) is 10.6. The van der Waals surface area contributed by atoms with Crippen LogP contribution in [0.1, 0.15) is 27.2 Å². The van der Waals surface area contributed by atoms with Gasteiger partial charge in [0, 0.05) is 0 Å². The summed E-state index contributed by atoms with van der Waals surface area (Å²) in [6.45, 7) is 6.67. The normalized spacial score (nSPS) is 12.4. The SMILES string of the molecule is CC(C)(C)C1=CC[C-]=C1.[Cl-].[Cl-].[Zr+4].c1ccc2c(c1)[cH-]c1ccccc12. The quantitative estimate of drug-likeness (QED) is 0.438. The fourth-order valence-corrected chi connectivity index (χ4v) is 2.82. The molecule has 3 heteroatoms. The van der Waals surface area contributed by atoms with Crippen molar-refractivity contribution in [2.24, 2.45) is 5.41 Å². The zero-order valence-electron chi connectivity index (χ0n) is 14.8. The van der Waals surface area contributed by atoms with E-state index in [1.807, 2.05) is 0 Å². The molecule has 0 radical (unpaired) electrons. The van der Waals surface area contributed by atoms with E-state index in [0.717, 1.165) is 6.42 Å². The summed E-state index contributed by atoms with van der Waals surface area (Å²) >= 11 is 0. The largest absolute Gasteiger partial charge is 4.00 e. The molecule has 4 rings (SSSR count). The van der Waals surface area contributed by atoms with Crippen molar-refractivity contribution in [2.45, 2.75) is 27.2 Å². The minimum Gasteiger partial charge on any atom is -1.00 e. The molecule has 1 aliphatic carbocycles. The molecule has 0 heterocycles. The summed E-state index contributed by atoms with van der Waals surface area (Å²) in [5.74, 6) is 0. The number of halogens is 2. The number of fused-ring (bicyclic) bond motifs is 3. The average molecular weight is 449 g/mol. The van der Waals surface area contributed by atoms with E-state index in [0.29, 0.717) is 5.41 Å². The van der Waals surface area contributed by atoms with Gasteiger partial charge in [0.15, 0.2) is 0 Å². The second-order valence-electron chi connectivity index (χ2n) is 6.78. The van der Waals surface area contributed by atoms with Gasteiger partial charge < -0.3 is 24.8 Å². The van der Waals surface area contributed by atoms with Gasteiger partial charge in [-0.05, 0) is 0 Å². The minimum absolute atomic E-state index is 0. The van der Waals surface area contributed by atoms with Gasteiger partial charge in [-0.1, -0.05) is 62.6 Å². The van der Waals surface area contributed by atoms with E-state index in [4.69, 9.17) is 0 Å². The Morgan fingerprint density at radius 3 is 1.68 bits per heavy atom. The molecule has 0 atom stereocenters.